The Morgan fingerprint density at radius 3 is 2.55 bits per heavy atom. The highest BCUT2D eigenvalue weighted by molar-refractivity contribution is 9.10. The van der Waals surface area contributed by atoms with Gasteiger partial charge in [-0.3, -0.25) is 0 Å². The monoisotopic (exact) mass is 350 g/mol. The average molecular weight is 351 g/mol. The van der Waals surface area contributed by atoms with Crippen LogP contribution < -0.4 is 0 Å². The highest BCUT2D eigenvalue weighted by atomic mass is 79.9. The molecule has 0 fully saturated rings. The molecule has 0 aliphatic carbocycles. The molecule has 0 radical (unpaired) electrons. The molecule has 2 aromatic rings. The number of hydrogen-bond acceptors (Lipinski definition) is 2. The molecule has 20 heavy (non-hydrogen) atoms. The molecule has 1 unspecified atom stereocenters. The second-order valence-corrected chi connectivity index (χ2v) is 5.80. The standard InChI is InChI=1S/C13H14BrF3N2O/c1-7(2)19-10-4-3-8(14)5-9(10)18-12(19)6-11(20)13(15,16)17/h3-5,7,11,20H,6H2,1-2H3. The Hall–Kier alpha value is -1.08. The van der Waals surface area contributed by atoms with Crippen LogP contribution in [0.4, 0.5) is 13.2 Å². The molecule has 3 nitrogen and oxygen atoms in total. The number of benzene rings is 1. The minimum absolute atomic E-state index is 0.0448. The third-order valence-electron chi connectivity index (χ3n) is 2.99. The van der Waals surface area contributed by atoms with Crippen molar-refractivity contribution in [3.05, 3.63) is 28.5 Å². The number of alkyl halides is 3. The second kappa shape index (κ2) is 5.37. The molecular weight excluding hydrogens is 337 g/mol. The molecule has 0 bridgehead atoms. The SMILES string of the molecule is CC(C)n1c(CC(O)C(F)(F)F)nc2cc(Br)ccc21. The van der Waals surface area contributed by atoms with Gasteiger partial charge < -0.3 is 9.67 Å². The third kappa shape index (κ3) is 2.98. The summed E-state index contributed by atoms with van der Waals surface area (Å²) in [6.07, 6.45) is -7.59. The predicted molar refractivity (Wildman–Crippen MR) is 73.6 cm³/mol. The van der Waals surface area contributed by atoms with Crippen molar-refractivity contribution >= 4 is 27.0 Å². The quantitative estimate of drug-likeness (QED) is 0.912. The van der Waals surface area contributed by atoms with Gasteiger partial charge in [-0.1, -0.05) is 15.9 Å². The van der Waals surface area contributed by atoms with Gasteiger partial charge in [-0.05, 0) is 32.0 Å². The van der Waals surface area contributed by atoms with Gasteiger partial charge in [0.2, 0.25) is 0 Å². The summed E-state index contributed by atoms with van der Waals surface area (Å²) in [5.74, 6) is 0.234. The van der Waals surface area contributed by atoms with Crippen LogP contribution in [0.15, 0.2) is 22.7 Å². The number of halogens is 4. The smallest absolute Gasteiger partial charge is 0.383 e. The van der Waals surface area contributed by atoms with Crippen molar-refractivity contribution in [1.29, 1.82) is 0 Å². The molecule has 0 saturated carbocycles. The van der Waals surface area contributed by atoms with Crippen molar-refractivity contribution in [3.63, 3.8) is 0 Å². The Balaban J connectivity index is 2.49. The van der Waals surface area contributed by atoms with Gasteiger partial charge in [-0.25, -0.2) is 4.98 Å². The van der Waals surface area contributed by atoms with E-state index in [-0.39, 0.29) is 11.9 Å². The van der Waals surface area contributed by atoms with Crippen LogP contribution in [-0.2, 0) is 6.42 Å². The van der Waals surface area contributed by atoms with Crippen LogP contribution in [0.1, 0.15) is 25.7 Å². The van der Waals surface area contributed by atoms with Gasteiger partial charge in [0.15, 0.2) is 6.10 Å². The van der Waals surface area contributed by atoms with E-state index in [4.69, 9.17) is 0 Å². The maximum absolute atomic E-state index is 12.5. The lowest BCUT2D eigenvalue weighted by atomic mass is 10.2. The zero-order chi connectivity index (χ0) is 15.1. The van der Waals surface area contributed by atoms with Crippen molar-refractivity contribution in [1.82, 2.24) is 9.55 Å². The molecule has 7 heteroatoms. The van der Waals surface area contributed by atoms with Crippen molar-refractivity contribution in [2.45, 2.75) is 38.6 Å². The summed E-state index contributed by atoms with van der Waals surface area (Å²) in [5.41, 5.74) is 1.37. The van der Waals surface area contributed by atoms with Gasteiger partial charge in [0.25, 0.3) is 0 Å². The van der Waals surface area contributed by atoms with Gasteiger partial charge in [0.05, 0.1) is 11.0 Å². The molecule has 0 aliphatic heterocycles. The maximum atomic E-state index is 12.5. The van der Waals surface area contributed by atoms with Crippen LogP contribution in [0.5, 0.6) is 0 Å². The number of aliphatic hydroxyl groups excluding tert-OH is 1. The van der Waals surface area contributed by atoms with Crippen molar-refractivity contribution in [2.75, 3.05) is 0 Å². The Kier molecular flexibility index (Phi) is 4.11. The molecule has 1 aromatic heterocycles. The van der Waals surface area contributed by atoms with E-state index in [0.717, 1.165) is 9.99 Å². The topological polar surface area (TPSA) is 38.0 Å². The molecule has 0 aliphatic rings. The third-order valence-corrected chi connectivity index (χ3v) is 3.49. The molecule has 110 valence electrons. The summed E-state index contributed by atoms with van der Waals surface area (Å²) in [7, 11) is 0. The fraction of sp³-hybridized carbons (Fsp3) is 0.462. The van der Waals surface area contributed by atoms with Crippen LogP contribution in [0, 0.1) is 0 Å². The minimum atomic E-state index is -4.64. The summed E-state index contributed by atoms with van der Waals surface area (Å²) in [6.45, 7) is 3.74. The fourth-order valence-electron chi connectivity index (χ4n) is 2.13. The number of imidazole rings is 1. The first-order valence-corrected chi connectivity index (χ1v) is 6.90. The lowest BCUT2D eigenvalue weighted by molar-refractivity contribution is -0.203. The molecule has 1 heterocycles. The number of aliphatic hydroxyl groups is 1. The molecule has 1 aromatic carbocycles. The Morgan fingerprint density at radius 1 is 1.35 bits per heavy atom. The van der Waals surface area contributed by atoms with E-state index in [1.54, 1.807) is 16.7 Å². The summed E-state index contributed by atoms with van der Waals surface area (Å²) in [6, 6.07) is 5.32. The molecule has 1 atom stereocenters. The Labute approximate surface area is 122 Å². The van der Waals surface area contributed by atoms with E-state index in [2.05, 4.69) is 20.9 Å². The van der Waals surface area contributed by atoms with Crippen LogP contribution in [0.3, 0.4) is 0 Å². The van der Waals surface area contributed by atoms with Gasteiger partial charge >= 0.3 is 6.18 Å². The summed E-state index contributed by atoms with van der Waals surface area (Å²) in [4.78, 5) is 4.22. The lowest BCUT2D eigenvalue weighted by Crippen LogP contribution is -2.31. The van der Waals surface area contributed by atoms with E-state index in [1.807, 2.05) is 19.9 Å². The first-order chi connectivity index (χ1) is 9.20. The summed E-state index contributed by atoms with van der Waals surface area (Å²) < 4.78 is 40.0. The van der Waals surface area contributed by atoms with Gasteiger partial charge in [-0.2, -0.15) is 13.2 Å². The second-order valence-electron chi connectivity index (χ2n) is 4.89. The molecule has 0 spiro atoms. The van der Waals surface area contributed by atoms with Gasteiger partial charge in [0, 0.05) is 16.9 Å². The van der Waals surface area contributed by atoms with Crippen LogP contribution >= 0.6 is 15.9 Å². The number of aromatic nitrogens is 2. The highest BCUT2D eigenvalue weighted by Gasteiger charge is 2.39. The Morgan fingerprint density at radius 2 is 2.00 bits per heavy atom. The molecule has 1 N–H and O–H groups in total. The summed E-state index contributed by atoms with van der Waals surface area (Å²) >= 11 is 3.31. The first-order valence-electron chi connectivity index (χ1n) is 6.11. The zero-order valence-corrected chi connectivity index (χ0v) is 12.5. The van der Waals surface area contributed by atoms with Crippen LogP contribution in [0.25, 0.3) is 11.0 Å². The molecular formula is C13H14BrF3N2O. The number of fused-ring (bicyclic) bond motifs is 1. The molecule has 0 amide bonds. The van der Waals surface area contributed by atoms with E-state index >= 15 is 0 Å². The average Bonchev–Trinajstić information content (AvgIpc) is 2.64. The lowest BCUT2D eigenvalue weighted by Gasteiger charge is -2.17. The van der Waals surface area contributed by atoms with E-state index in [1.165, 1.54) is 0 Å². The fourth-order valence-corrected chi connectivity index (χ4v) is 2.48. The normalized spacial score (nSPS) is 14.2. The van der Waals surface area contributed by atoms with E-state index < -0.39 is 18.7 Å². The van der Waals surface area contributed by atoms with Gasteiger partial charge in [0.1, 0.15) is 5.82 Å². The van der Waals surface area contributed by atoms with E-state index in [9.17, 15) is 18.3 Å². The van der Waals surface area contributed by atoms with Gasteiger partial charge in [-0.15, -0.1) is 0 Å². The molecule has 0 saturated heterocycles. The number of nitrogens with zero attached hydrogens (tertiary/aromatic N) is 2. The first kappa shape index (κ1) is 15.3. The van der Waals surface area contributed by atoms with Crippen molar-refractivity contribution < 1.29 is 18.3 Å². The van der Waals surface area contributed by atoms with E-state index in [0.29, 0.717) is 5.52 Å². The largest absolute Gasteiger partial charge is 0.414 e. The molecule has 2 rings (SSSR count). The van der Waals surface area contributed by atoms with Crippen molar-refractivity contribution in [2.24, 2.45) is 0 Å². The van der Waals surface area contributed by atoms with Crippen molar-refractivity contribution in [3.8, 4) is 0 Å². The summed E-state index contributed by atoms with van der Waals surface area (Å²) in [5, 5.41) is 9.24. The van der Waals surface area contributed by atoms with Crippen LogP contribution in [0.2, 0.25) is 0 Å². The Bertz CT molecular complexity index is 622. The number of hydrogen-bond donors (Lipinski definition) is 1. The zero-order valence-electron chi connectivity index (χ0n) is 10.9. The maximum Gasteiger partial charge on any atom is 0.414 e. The van der Waals surface area contributed by atoms with Crippen LogP contribution in [-0.4, -0.2) is 26.9 Å². The minimum Gasteiger partial charge on any atom is -0.383 e. The number of rotatable bonds is 3. The predicted octanol–water partition coefficient (Wildman–Crippen LogP) is 3.85. The highest BCUT2D eigenvalue weighted by Crippen LogP contribution is 2.28.